The van der Waals surface area contributed by atoms with Crippen LogP contribution < -0.4 is 5.32 Å². The highest BCUT2D eigenvalue weighted by atomic mass is 35.5. The molecule has 0 spiro atoms. The normalized spacial score (nSPS) is 10.9. The number of aryl methyl sites for hydroxylation is 1. The van der Waals surface area contributed by atoms with Crippen LogP contribution in [0.2, 0.25) is 0 Å². The third-order valence-electron chi connectivity index (χ3n) is 3.10. The van der Waals surface area contributed by atoms with Crippen LogP contribution in [-0.2, 0) is 26.2 Å². The lowest BCUT2D eigenvalue weighted by atomic mass is 10.2. The second-order valence-electron chi connectivity index (χ2n) is 5.57. The summed E-state index contributed by atoms with van der Waals surface area (Å²) in [6, 6.07) is 4.15. The molecule has 0 amide bonds. The molecule has 2 rings (SSSR count). The van der Waals surface area contributed by atoms with Crippen molar-refractivity contribution in [1.82, 2.24) is 24.9 Å². The van der Waals surface area contributed by atoms with Crippen LogP contribution in [0.1, 0.15) is 38.6 Å². The van der Waals surface area contributed by atoms with Crippen LogP contribution in [0.15, 0.2) is 24.5 Å². The van der Waals surface area contributed by atoms with Crippen molar-refractivity contribution in [3.63, 3.8) is 0 Å². The Bertz CT molecular complexity index is 518. The molecule has 2 heterocycles. The minimum absolute atomic E-state index is 0. The van der Waals surface area contributed by atoms with Gasteiger partial charge in [0.15, 0.2) is 0 Å². The maximum Gasteiger partial charge on any atom is 0.0762 e. The molecule has 0 aliphatic carbocycles. The maximum absolute atomic E-state index is 4.56. The second-order valence-corrected chi connectivity index (χ2v) is 5.57. The molecule has 6 heteroatoms. The van der Waals surface area contributed by atoms with Gasteiger partial charge in [-0.2, -0.15) is 10.2 Å². The SMILES string of the molecule is CCCn1nccc1CNCc1ccn(CC(C)C)n1.Cl. The Kier molecular flexibility index (Phi) is 7.47. The molecule has 2 aromatic rings. The van der Waals surface area contributed by atoms with Crippen molar-refractivity contribution in [1.29, 1.82) is 0 Å². The fourth-order valence-corrected chi connectivity index (χ4v) is 2.22. The van der Waals surface area contributed by atoms with Gasteiger partial charge in [-0.3, -0.25) is 9.36 Å². The first kappa shape index (κ1) is 17.7. The van der Waals surface area contributed by atoms with E-state index in [9.17, 15) is 0 Å². The largest absolute Gasteiger partial charge is 0.305 e. The summed E-state index contributed by atoms with van der Waals surface area (Å²) in [4.78, 5) is 0. The van der Waals surface area contributed by atoms with Crippen molar-refractivity contribution in [2.24, 2.45) is 5.92 Å². The number of halogens is 1. The summed E-state index contributed by atoms with van der Waals surface area (Å²) in [6.07, 6.45) is 5.02. The lowest BCUT2D eigenvalue weighted by Gasteiger charge is -2.07. The molecule has 0 aromatic carbocycles. The van der Waals surface area contributed by atoms with E-state index in [4.69, 9.17) is 0 Å². The maximum atomic E-state index is 4.56. The number of rotatable bonds is 8. The molecule has 0 aliphatic rings. The van der Waals surface area contributed by atoms with Crippen LogP contribution in [0.25, 0.3) is 0 Å². The molecule has 0 unspecified atom stereocenters. The monoisotopic (exact) mass is 311 g/mol. The van der Waals surface area contributed by atoms with Crippen LogP contribution in [0.3, 0.4) is 0 Å². The Morgan fingerprint density at radius 1 is 1.24 bits per heavy atom. The fourth-order valence-electron chi connectivity index (χ4n) is 2.22. The minimum atomic E-state index is 0. The predicted molar refractivity (Wildman–Crippen MR) is 87.4 cm³/mol. The van der Waals surface area contributed by atoms with E-state index in [1.165, 1.54) is 5.69 Å². The number of nitrogens with zero attached hydrogens (tertiary/aromatic N) is 4. The van der Waals surface area contributed by atoms with E-state index in [-0.39, 0.29) is 12.4 Å². The van der Waals surface area contributed by atoms with Gasteiger partial charge in [0.25, 0.3) is 0 Å². The molecule has 0 aliphatic heterocycles. The van der Waals surface area contributed by atoms with E-state index in [0.717, 1.165) is 38.3 Å². The van der Waals surface area contributed by atoms with E-state index >= 15 is 0 Å². The predicted octanol–water partition coefficient (Wildman–Crippen LogP) is 2.86. The van der Waals surface area contributed by atoms with Crippen molar-refractivity contribution in [3.8, 4) is 0 Å². The van der Waals surface area contributed by atoms with Gasteiger partial charge in [-0.1, -0.05) is 20.8 Å². The van der Waals surface area contributed by atoms with Crippen LogP contribution in [-0.4, -0.2) is 19.6 Å². The zero-order chi connectivity index (χ0) is 14.4. The Balaban J connectivity index is 0.00000220. The summed E-state index contributed by atoms with van der Waals surface area (Å²) >= 11 is 0. The lowest BCUT2D eigenvalue weighted by molar-refractivity contribution is 0.477. The highest BCUT2D eigenvalue weighted by molar-refractivity contribution is 5.85. The average Bonchev–Trinajstić information content (AvgIpc) is 3.00. The molecule has 118 valence electrons. The van der Waals surface area contributed by atoms with Gasteiger partial charge < -0.3 is 5.32 Å². The van der Waals surface area contributed by atoms with Gasteiger partial charge in [-0.15, -0.1) is 12.4 Å². The van der Waals surface area contributed by atoms with Crippen molar-refractivity contribution < 1.29 is 0 Å². The fraction of sp³-hybridized carbons (Fsp3) is 0.600. The zero-order valence-electron chi connectivity index (χ0n) is 13.1. The molecular weight excluding hydrogens is 286 g/mol. The van der Waals surface area contributed by atoms with E-state index in [0.29, 0.717) is 5.92 Å². The van der Waals surface area contributed by atoms with Crippen LogP contribution in [0.5, 0.6) is 0 Å². The van der Waals surface area contributed by atoms with Gasteiger partial charge in [0.2, 0.25) is 0 Å². The first-order valence-electron chi connectivity index (χ1n) is 7.42. The Labute approximate surface area is 133 Å². The molecule has 2 aromatic heterocycles. The van der Waals surface area contributed by atoms with Crippen molar-refractivity contribution in [2.75, 3.05) is 0 Å². The number of nitrogens with one attached hydrogen (secondary N) is 1. The highest BCUT2D eigenvalue weighted by Gasteiger charge is 2.03. The van der Waals surface area contributed by atoms with Gasteiger partial charge in [0.05, 0.1) is 11.4 Å². The summed E-state index contributed by atoms with van der Waals surface area (Å²) in [5.74, 6) is 0.624. The molecule has 0 saturated carbocycles. The van der Waals surface area contributed by atoms with Gasteiger partial charge in [-0.05, 0) is 24.5 Å². The molecule has 0 atom stereocenters. The first-order chi connectivity index (χ1) is 9.69. The highest BCUT2D eigenvalue weighted by Crippen LogP contribution is 2.03. The summed E-state index contributed by atoms with van der Waals surface area (Å²) in [7, 11) is 0. The Hall–Kier alpha value is -1.33. The molecule has 0 saturated heterocycles. The van der Waals surface area contributed by atoms with Gasteiger partial charge in [0.1, 0.15) is 0 Å². The van der Waals surface area contributed by atoms with Crippen molar-refractivity contribution >= 4 is 12.4 Å². The third-order valence-corrected chi connectivity index (χ3v) is 3.10. The summed E-state index contributed by atoms with van der Waals surface area (Å²) in [6.45, 7) is 10.2. The molecule has 0 bridgehead atoms. The molecule has 21 heavy (non-hydrogen) atoms. The summed E-state index contributed by atoms with van der Waals surface area (Å²) in [5, 5.41) is 12.3. The lowest BCUT2D eigenvalue weighted by Crippen LogP contribution is -2.17. The Morgan fingerprint density at radius 2 is 2.05 bits per heavy atom. The number of hydrogen-bond donors (Lipinski definition) is 1. The smallest absolute Gasteiger partial charge is 0.0762 e. The minimum Gasteiger partial charge on any atom is -0.305 e. The molecule has 0 radical (unpaired) electrons. The van der Waals surface area contributed by atoms with Crippen molar-refractivity contribution in [2.45, 2.75) is 53.4 Å². The first-order valence-corrected chi connectivity index (χ1v) is 7.42. The van der Waals surface area contributed by atoms with Crippen LogP contribution in [0, 0.1) is 5.92 Å². The summed E-state index contributed by atoms with van der Waals surface area (Å²) in [5.41, 5.74) is 2.32. The number of hydrogen-bond acceptors (Lipinski definition) is 3. The molecule has 5 nitrogen and oxygen atoms in total. The van der Waals surface area contributed by atoms with Crippen LogP contribution in [0.4, 0.5) is 0 Å². The van der Waals surface area contributed by atoms with E-state index in [2.05, 4.69) is 59.3 Å². The molecular formula is C15H26ClN5. The topological polar surface area (TPSA) is 47.7 Å². The second kappa shape index (κ2) is 8.85. The quantitative estimate of drug-likeness (QED) is 0.815. The Morgan fingerprint density at radius 3 is 2.76 bits per heavy atom. The molecule has 1 N–H and O–H groups in total. The van der Waals surface area contributed by atoms with E-state index in [1.54, 1.807) is 0 Å². The average molecular weight is 312 g/mol. The van der Waals surface area contributed by atoms with Gasteiger partial charge in [-0.25, -0.2) is 0 Å². The van der Waals surface area contributed by atoms with Crippen molar-refractivity contribution in [3.05, 3.63) is 35.9 Å². The van der Waals surface area contributed by atoms with Crippen LogP contribution >= 0.6 is 12.4 Å². The van der Waals surface area contributed by atoms with E-state index in [1.807, 2.05) is 10.9 Å². The standard InChI is InChI=1S/C15H25N5.ClH/c1-4-8-20-15(5-7-17-20)11-16-10-14-6-9-19(18-14)12-13(2)3;/h5-7,9,13,16H,4,8,10-12H2,1-3H3;1H. The van der Waals surface area contributed by atoms with E-state index < -0.39 is 0 Å². The molecule has 0 fully saturated rings. The zero-order valence-corrected chi connectivity index (χ0v) is 13.9. The number of aromatic nitrogens is 4. The van der Waals surface area contributed by atoms with Gasteiger partial charge in [0, 0.05) is 38.6 Å². The summed E-state index contributed by atoms with van der Waals surface area (Å²) < 4.78 is 4.08. The third kappa shape index (κ3) is 5.52. The van der Waals surface area contributed by atoms with Gasteiger partial charge >= 0.3 is 0 Å².